The van der Waals surface area contributed by atoms with Gasteiger partial charge in [-0.05, 0) is 6.07 Å². The van der Waals surface area contributed by atoms with Gasteiger partial charge in [-0.1, -0.05) is 0 Å². The topological polar surface area (TPSA) is 75.1 Å². The van der Waals surface area contributed by atoms with Crippen molar-refractivity contribution >= 4 is 11.3 Å². The Hall–Kier alpha value is -0.850. The normalized spacial score (nSPS) is 12.8. The molecule has 1 aromatic rings. The Morgan fingerprint density at radius 3 is 2.73 bits per heavy atom. The van der Waals surface area contributed by atoms with Crippen molar-refractivity contribution in [2.75, 3.05) is 0 Å². The van der Waals surface area contributed by atoms with Crippen LogP contribution in [0.5, 0.6) is 0 Å². The molecule has 0 aromatic carbocycles. The molecule has 0 fully saturated rings. The molecule has 2 N–H and O–H groups in total. The van der Waals surface area contributed by atoms with E-state index in [-0.39, 0.29) is 6.54 Å². The minimum Gasteiger partial charge on any atom is -0.294 e. The van der Waals surface area contributed by atoms with Crippen LogP contribution in [0.15, 0.2) is 18.5 Å². The van der Waals surface area contributed by atoms with Gasteiger partial charge in [0.25, 0.3) is 0 Å². The maximum Gasteiger partial charge on any atom is 0.232 e. The van der Waals surface area contributed by atoms with Gasteiger partial charge in [-0.2, -0.15) is 0 Å². The molecule has 0 saturated carbocycles. The highest BCUT2D eigenvalue weighted by molar-refractivity contribution is 7.77. The van der Waals surface area contributed by atoms with Gasteiger partial charge in [0, 0.05) is 12.4 Å². The molecule has 0 amide bonds. The molecule has 0 aliphatic rings. The third-order valence-electron chi connectivity index (χ3n) is 0.973. The van der Waals surface area contributed by atoms with Crippen LogP contribution in [0.25, 0.3) is 0 Å². The highest BCUT2D eigenvalue weighted by Gasteiger charge is 1.95. The fourth-order valence-corrected chi connectivity index (χ4v) is 0.800. The maximum atomic E-state index is 10.1. The first-order valence-corrected chi connectivity index (χ1v) is 4.00. The number of rotatable bonds is 3. The molecule has 1 atom stereocenters. The van der Waals surface area contributed by atoms with Gasteiger partial charge in [0.1, 0.15) is 5.82 Å². The van der Waals surface area contributed by atoms with Gasteiger partial charge >= 0.3 is 0 Å². The van der Waals surface area contributed by atoms with Crippen LogP contribution >= 0.6 is 0 Å². The van der Waals surface area contributed by atoms with Crippen LogP contribution < -0.4 is 4.72 Å². The van der Waals surface area contributed by atoms with E-state index in [1.807, 2.05) is 0 Å². The van der Waals surface area contributed by atoms with E-state index in [0.29, 0.717) is 5.82 Å². The van der Waals surface area contributed by atoms with Crippen molar-refractivity contribution in [3.05, 3.63) is 24.3 Å². The summed E-state index contributed by atoms with van der Waals surface area (Å²) < 4.78 is 20.7. The van der Waals surface area contributed by atoms with Crippen LogP contribution in [0.4, 0.5) is 0 Å². The molecule has 0 aliphatic heterocycles. The molecule has 60 valence electrons. The fourth-order valence-electron chi connectivity index (χ4n) is 0.548. The molecule has 0 saturated heterocycles. The summed E-state index contributed by atoms with van der Waals surface area (Å²) in [5.41, 5.74) is 0. The van der Waals surface area contributed by atoms with E-state index in [2.05, 4.69) is 14.7 Å². The minimum absolute atomic E-state index is 0.198. The predicted octanol–water partition coefficient (Wildman–Crippen LogP) is -0.297. The van der Waals surface area contributed by atoms with Crippen LogP contribution in [0.3, 0.4) is 0 Å². The van der Waals surface area contributed by atoms with E-state index in [9.17, 15) is 4.21 Å². The number of aromatic nitrogens is 2. The zero-order valence-corrected chi connectivity index (χ0v) is 6.41. The standard InChI is InChI=1S/C5H7N3O2S/c9-11(10)8-4-5-6-2-1-3-7-5/h1-3,8H,4H2,(H,9,10). The Morgan fingerprint density at radius 1 is 1.55 bits per heavy atom. The molecule has 0 aliphatic carbocycles. The van der Waals surface area contributed by atoms with Gasteiger partial charge in [-0.25, -0.2) is 18.9 Å². The Kier molecular flexibility index (Phi) is 3.09. The van der Waals surface area contributed by atoms with Crippen LogP contribution in [0, 0.1) is 0 Å². The Labute approximate surface area is 66.3 Å². The third-order valence-corrected chi connectivity index (χ3v) is 1.36. The molecule has 5 nitrogen and oxygen atoms in total. The van der Waals surface area contributed by atoms with Crippen molar-refractivity contribution in [3.63, 3.8) is 0 Å². The van der Waals surface area contributed by atoms with Gasteiger partial charge in [-0.3, -0.25) is 4.55 Å². The van der Waals surface area contributed by atoms with E-state index in [1.165, 1.54) is 0 Å². The van der Waals surface area contributed by atoms with E-state index < -0.39 is 11.3 Å². The second-order valence-electron chi connectivity index (χ2n) is 1.74. The van der Waals surface area contributed by atoms with E-state index in [4.69, 9.17) is 4.55 Å². The SMILES string of the molecule is O=S(O)NCc1ncccn1. The Balaban J connectivity index is 2.45. The number of nitrogens with zero attached hydrogens (tertiary/aromatic N) is 2. The molecule has 0 radical (unpaired) electrons. The van der Waals surface area contributed by atoms with Crippen molar-refractivity contribution in [2.24, 2.45) is 0 Å². The lowest BCUT2D eigenvalue weighted by molar-refractivity contribution is 0.547. The quantitative estimate of drug-likeness (QED) is 0.615. The molecule has 1 unspecified atom stereocenters. The first-order valence-electron chi connectivity index (χ1n) is 2.89. The average molecular weight is 173 g/mol. The molecule has 6 heteroatoms. The summed E-state index contributed by atoms with van der Waals surface area (Å²) in [7, 11) is 0. The summed E-state index contributed by atoms with van der Waals surface area (Å²) in [6, 6.07) is 1.68. The highest BCUT2D eigenvalue weighted by Crippen LogP contribution is 1.85. The zero-order chi connectivity index (χ0) is 8.10. The van der Waals surface area contributed by atoms with Crippen molar-refractivity contribution in [3.8, 4) is 0 Å². The highest BCUT2D eigenvalue weighted by atomic mass is 32.2. The summed E-state index contributed by atoms with van der Waals surface area (Å²) >= 11 is -2.00. The van der Waals surface area contributed by atoms with E-state index >= 15 is 0 Å². The number of hydrogen-bond donors (Lipinski definition) is 2. The molecule has 1 rings (SSSR count). The van der Waals surface area contributed by atoms with E-state index in [0.717, 1.165) is 0 Å². The van der Waals surface area contributed by atoms with Crippen LogP contribution in [-0.2, 0) is 17.8 Å². The number of nitrogens with one attached hydrogen (secondary N) is 1. The summed E-state index contributed by atoms with van der Waals surface area (Å²) in [6.07, 6.45) is 3.15. The van der Waals surface area contributed by atoms with Crippen LogP contribution in [-0.4, -0.2) is 18.7 Å². The van der Waals surface area contributed by atoms with Gasteiger partial charge in [0.15, 0.2) is 0 Å². The summed E-state index contributed by atoms with van der Waals surface area (Å²) in [4.78, 5) is 7.66. The molecule has 0 spiro atoms. The Bertz CT molecular complexity index is 241. The monoisotopic (exact) mass is 173 g/mol. The molecular weight excluding hydrogens is 166 g/mol. The summed E-state index contributed by atoms with van der Waals surface area (Å²) in [5, 5.41) is 0. The predicted molar refractivity (Wildman–Crippen MR) is 39.6 cm³/mol. The lowest BCUT2D eigenvalue weighted by atomic mass is 10.6. The van der Waals surface area contributed by atoms with Crippen LogP contribution in [0.1, 0.15) is 5.82 Å². The molecule has 11 heavy (non-hydrogen) atoms. The molecule has 1 heterocycles. The minimum atomic E-state index is -2.00. The molecule has 0 bridgehead atoms. The largest absolute Gasteiger partial charge is 0.294 e. The van der Waals surface area contributed by atoms with Gasteiger partial charge in [0.05, 0.1) is 6.54 Å². The fraction of sp³-hybridized carbons (Fsp3) is 0.200. The second-order valence-corrected chi connectivity index (χ2v) is 2.52. The van der Waals surface area contributed by atoms with Gasteiger partial charge in [0.2, 0.25) is 11.3 Å². The molecular formula is C5H7N3O2S. The summed E-state index contributed by atoms with van der Waals surface area (Å²) in [5.74, 6) is 0.495. The second kappa shape index (κ2) is 4.12. The van der Waals surface area contributed by atoms with Crippen molar-refractivity contribution < 1.29 is 8.76 Å². The Morgan fingerprint density at radius 2 is 2.18 bits per heavy atom. The van der Waals surface area contributed by atoms with Gasteiger partial charge < -0.3 is 0 Å². The first-order chi connectivity index (χ1) is 5.29. The zero-order valence-electron chi connectivity index (χ0n) is 5.60. The molecule has 1 aromatic heterocycles. The van der Waals surface area contributed by atoms with Gasteiger partial charge in [-0.15, -0.1) is 0 Å². The smallest absolute Gasteiger partial charge is 0.232 e. The first kappa shape index (κ1) is 8.25. The van der Waals surface area contributed by atoms with E-state index in [1.54, 1.807) is 18.5 Å². The average Bonchev–Trinajstić information content (AvgIpc) is 2.03. The maximum absolute atomic E-state index is 10.1. The van der Waals surface area contributed by atoms with Crippen molar-refractivity contribution in [2.45, 2.75) is 6.54 Å². The lowest BCUT2D eigenvalue weighted by Crippen LogP contribution is -2.16. The third kappa shape index (κ3) is 3.17. The van der Waals surface area contributed by atoms with Crippen molar-refractivity contribution in [1.29, 1.82) is 0 Å². The lowest BCUT2D eigenvalue weighted by Gasteiger charge is -1.96. The van der Waals surface area contributed by atoms with Crippen molar-refractivity contribution in [1.82, 2.24) is 14.7 Å². The summed E-state index contributed by atoms with van der Waals surface area (Å²) in [6.45, 7) is 0.198. The van der Waals surface area contributed by atoms with Crippen LogP contribution in [0.2, 0.25) is 0 Å². The number of hydrogen-bond acceptors (Lipinski definition) is 3.